The highest BCUT2D eigenvalue weighted by atomic mass is 16.4. The Morgan fingerprint density at radius 1 is 1.21 bits per heavy atom. The molecular formula is C23H20N4O2. The smallest absolute Gasteiger partial charge is 0.339 e. The zero-order valence-electron chi connectivity index (χ0n) is 15.8. The van der Waals surface area contributed by atoms with Crippen LogP contribution < -0.4 is 5.32 Å². The second kappa shape index (κ2) is 7.67. The maximum Gasteiger partial charge on any atom is 0.339 e. The fourth-order valence-electron chi connectivity index (χ4n) is 3.30. The molecule has 0 spiro atoms. The number of nitrogens with zero attached hydrogens (tertiary/aromatic N) is 3. The number of para-hydroxylation sites is 1. The van der Waals surface area contributed by atoms with Gasteiger partial charge in [0, 0.05) is 17.2 Å². The molecule has 1 aromatic carbocycles. The van der Waals surface area contributed by atoms with E-state index in [1.165, 1.54) is 6.33 Å². The van der Waals surface area contributed by atoms with E-state index in [0.29, 0.717) is 22.9 Å². The van der Waals surface area contributed by atoms with E-state index >= 15 is 0 Å². The largest absolute Gasteiger partial charge is 0.478 e. The molecule has 6 nitrogen and oxygen atoms in total. The van der Waals surface area contributed by atoms with Gasteiger partial charge < -0.3 is 10.4 Å². The molecule has 1 fully saturated rings. The van der Waals surface area contributed by atoms with Crippen molar-refractivity contribution in [1.29, 1.82) is 0 Å². The van der Waals surface area contributed by atoms with Gasteiger partial charge in [0.25, 0.3) is 0 Å². The van der Waals surface area contributed by atoms with E-state index in [2.05, 4.69) is 33.4 Å². The van der Waals surface area contributed by atoms with Crippen LogP contribution in [0, 0.1) is 0 Å². The van der Waals surface area contributed by atoms with Crippen LogP contribution in [-0.4, -0.2) is 26.0 Å². The number of nitrogens with one attached hydrogen (secondary N) is 1. The molecule has 2 N–H and O–H groups in total. The Hall–Kier alpha value is -3.80. The number of pyridine rings is 1. The van der Waals surface area contributed by atoms with Crippen LogP contribution in [0.15, 0.2) is 68.2 Å². The quantitative estimate of drug-likeness (QED) is 0.551. The first-order valence-corrected chi connectivity index (χ1v) is 9.32. The van der Waals surface area contributed by atoms with Crippen molar-refractivity contribution in [2.24, 2.45) is 0 Å². The van der Waals surface area contributed by atoms with Crippen LogP contribution >= 0.6 is 0 Å². The molecule has 0 bridgehead atoms. The minimum absolute atomic E-state index is 0.152. The Labute approximate surface area is 168 Å². The molecule has 0 amide bonds. The van der Waals surface area contributed by atoms with Crippen molar-refractivity contribution in [3.8, 4) is 0 Å². The van der Waals surface area contributed by atoms with Gasteiger partial charge in [-0.25, -0.2) is 19.7 Å². The lowest BCUT2D eigenvalue weighted by Gasteiger charge is -2.13. The highest BCUT2D eigenvalue weighted by Gasteiger charge is 2.26. The Balaban J connectivity index is 1.80. The van der Waals surface area contributed by atoms with Gasteiger partial charge in [-0.2, -0.15) is 0 Å². The van der Waals surface area contributed by atoms with Crippen molar-refractivity contribution in [3.63, 3.8) is 0 Å². The average Bonchev–Trinajstić information content (AvgIpc) is 3.57. The molecule has 1 saturated carbocycles. The number of carboxylic acids is 1. The van der Waals surface area contributed by atoms with E-state index < -0.39 is 5.97 Å². The van der Waals surface area contributed by atoms with Gasteiger partial charge in [-0.05, 0) is 36.5 Å². The monoisotopic (exact) mass is 384 g/mol. The number of allylic oxidation sites excluding steroid dienone is 4. The third-order valence-electron chi connectivity index (χ3n) is 4.90. The lowest BCUT2D eigenvalue weighted by Crippen LogP contribution is -2.06. The van der Waals surface area contributed by atoms with Crippen molar-refractivity contribution in [3.05, 3.63) is 85.0 Å². The summed E-state index contributed by atoms with van der Waals surface area (Å²) in [5, 5.41) is 13.6. The van der Waals surface area contributed by atoms with Crippen molar-refractivity contribution >= 4 is 34.0 Å². The standard InChI is InChI=1S/C23H20N4O2/c1-3-6-14(4-2)20-17-7-5-8-19(21(17)26-13-25-20)27-22-18(23(28)29)11-16(12-24-22)15-9-10-15/h3-8,11-13,15H,1-2,9-10H2,(H,24,27)(H,28,29)/b14-6+. The minimum atomic E-state index is -1.01. The van der Waals surface area contributed by atoms with Gasteiger partial charge in [-0.3, -0.25) is 0 Å². The Kier molecular flexibility index (Phi) is 4.91. The minimum Gasteiger partial charge on any atom is -0.478 e. The van der Waals surface area contributed by atoms with Crippen LogP contribution in [0.5, 0.6) is 0 Å². The third kappa shape index (κ3) is 3.65. The number of aromatic carboxylic acids is 1. The highest BCUT2D eigenvalue weighted by molar-refractivity contribution is 6.00. The summed E-state index contributed by atoms with van der Waals surface area (Å²) in [5.41, 5.74) is 3.99. The molecule has 0 radical (unpaired) electrons. The van der Waals surface area contributed by atoms with E-state index in [-0.39, 0.29) is 5.56 Å². The number of carbonyl (C=O) groups is 1. The van der Waals surface area contributed by atoms with Gasteiger partial charge in [0.2, 0.25) is 0 Å². The molecule has 1 aliphatic rings. The van der Waals surface area contributed by atoms with Crippen molar-refractivity contribution < 1.29 is 9.90 Å². The van der Waals surface area contributed by atoms with Gasteiger partial charge in [0.05, 0.1) is 16.9 Å². The maximum absolute atomic E-state index is 11.8. The number of hydrogen-bond acceptors (Lipinski definition) is 5. The molecule has 29 heavy (non-hydrogen) atoms. The van der Waals surface area contributed by atoms with Crippen molar-refractivity contribution in [2.45, 2.75) is 18.8 Å². The summed E-state index contributed by atoms with van der Waals surface area (Å²) < 4.78 is 0. The van der Waals surface area contributed by atoms with Gasteiger partial charge >= 0.3 is 5.97 Å². The van der Waals surface area contributed by atoms with E-state index in [4.69, 9.17) is 0 Å². The second-order valence-corrected chi connectivity index (χ2v) is 6.86. The Morgan fingerprint density at radius 3 is 2.72 bits per heavy atom. The molecule has 0 unspecified atom stereocenters. The third-order valence-corrected chi connectivity index (χ3v) is 4.90. The molecule has 3 aromatic rings. The average molecular weight is 384 g/mol. The van der Waals surface area contributed by atoms with Crippen molar-refractivity contribution in [1.82, 2.24) is 15.0 Å². The van der Waals surface area contributed by atoms with E-state index in [1.54, 1.807) is 24.4 Å². The predicted octanol–water partition coefficient (Wildman–Crippen LogP) is 5.10. The van der Waals surface area contributed by atoms with E-state index in [1.807, 2.05) is 24.3 Å². The topological polar surface area (TPSA) is 88.0 Å². The first-order chi connectivity index (χ1) is 14.1. The highest BCUT2D eigenvalue weighted by Crippen LogP contribution is 2.40. The number of fused-ring (bicyclic) bond motifs is 1. The second-order valence-electron chi connectivity index (χ2n) is 6.86. The first kappa shape index (κ1) is 18.6. The maximum atomic E-state index is 11.8. The number of rotatable bonds is 7. The number of aromatic nitrogens is 3. The molecule has 0 atom stereocenters. The molecule has 2 heterocycles. The summed E-state index contributed by atoms with van der Waals surface area (Å²) in [6.07, 6.45) is 10.6. The lowest BCUT2D eigenvalue weighted by atomic mass is 10.1. The van der Waals surface area contributed by atoms with E-state index in [0.717, 1.165) is 35.1 Å². The summed E-state index contributed by atoms with van der Waals surface area (Å²) in [6.45, 7) is 7.58. The number of hydrogen-bond donors (Lipinski definition) is 2. The molecule has 6 heteroatoms. The van der Waals surface area contributed by atoms with Crippen LogP contribution in [0.1, 0.15) is 40.4 Å². The molecule has 2 aromatic heterocycles. The van der Waals surface area contributed by atoms with Gasteiger partial charge in [-0.15, -0.1) is 0 Å². The lowest BCUT2D eigenvalue weighted by molar-refractivity contribution is 0.0697. The van der Waals surface area contributed by atoms with Crippen LogP contribution in [0.25, 0.3) is 16.5 Å². The van der Waals surface area contributed by atoms with Gasteiger partial charge in [0.15, 0.2) is 0 Å². The fourth-order valence-corrected chi connectivity index (χ4v) is 3.30. The summed E-state index contributed by atoms with van der Waals surface area (Å²) in [6, 6.07) is 7.33. The van der Waals surface area contributed by atoms with Crippen LogP contribution in [0.2, 0.25) is 0 Å². The summed E-state index contributed by atoms with van der Waals surface area (Å²) in [7, 11) is 0. The molecule has 1 aliphatic carbocycles. The summed E-state index contributed by atoms with van der Waals surface area (Å²) in [5.74, 6) is -0.294. The predicted molar refractivity (Wildman–Crippen MR) is 114 cm³/mol. The zero-order valence-corrected chi connectivity index (χ0v) is 15.8. The molecule has 0 aliphatic heterocycles. The summed E-state index contributed by atoms with van der Waals surface area (Å²) in [4.78, 5) is 25.0. The molecule has 0 saturated heterocycles. The Bertz CT molecular complexity index is 1160. The zero-order chi connectivity index (χ0) is 20.4. The van der Waals surface area contributed by atoms with Crippen LogP contribution in [0.3, 0.4) is 0 Å². The molecule has 4 rings (SSSR count). The first-order valence-electron chi connectivity index (χ1n) is 9.32. The van der Waals surface area contributed by atoms with Crippen molar-refractivity contribution in [2.75, 3.05) is 5.32 Å². The molecular weight excluding hydrogens is 364 g/mol. The molecule has 144 valence electrons. The Morgan fingerprint density at radius 2 is 2.03 bits per heavy atom. The fraction of sp³-hybridized carbons (Fsp3) is 0.130. The van der Waals surface area contributed by atoms with E-state index in [9.17, 15) is 9.90 Å². The number of anilines is 2. The van der Waals surface area contributed by atoms with Gasteiger partial charge in [0.1, 0.15) is 17.7 Å². The SMILES string of the molecule is C=C/C=C(\C=C)c1ncnc2c(Nc3ncc(C4CC4)cc3C(=O)O)cccc12. The number of carboxylic acid groups (broad SMARTS) is 1. The van der Waals surface area contributed by atoms with Crippen LogP contribution in [-0.2, 0) is 0 Å². The summed E-state index contributed by atoms with van der Waals surface area (Å²) >= 11 is 0. The normalized spacial score (nSPS) is 13.9. The van der Waals surface area contributed by atoms with Crippen LogP contribution in [0.4, 0.5) is 11.5 Å². The van der Waals surface area contributed by atoms with Gasteiger partial charge in [-0.1, -0.05) is 43.5 Å². The number of benzene rings is 1.